The first-order valence-electron chi connectivity index (χ1n) is 8.84. The fourth-order valence-electron chi connectivity index (χ4n) is 3.15. The number of amides is 2. The third-order valence-electron chi connectivity index (χ3n) is 4.63. The van der Waals surface area contributed by atoms with Crippen LogP contribution in [0.4, 0.5) is 17.1 Å². The molecule has 0 saturated carbocycles. The number of para-hydroxylation sites is 1. The lowest BCUT2D eigenvalue weighted by molar-refractivity contribution is -0.384. The van der Waals surface area contributed by atoms with Crippen molar-refractivity contribution in [3.8, 4) is 0 Å². The predicted molar refractivity (Wildman–Crippen MR) is 105 cm³/mol. The molecule has 2 amide bonds. The molecule has 0 atom stereocenters. The molecule has 1 saturated heterocycles. The van der Waals surface area contributed by atoms with Crippen LogP contribution in [0.1, 0.15) is 10.4 Å². The van der Waals surface area contributed by atoms with Crippen LogP contribution in [0.3, 0.4) is 0 Å². The van der Waals surface area contributed by atoms with Gasteiger partial charge in [0.05, 0.1) is 22.7 Å². The largest absolute Gasteiger partial charge is 0.369 e. The molecule has 0 radical (unpaired) electrons. The number of hydrogen-bond donors (Lipinski definition) is 2. The van der Waals surface area contributed by atoms with Gasteiger partial charge >= 0.3 is 0 Å². The molecular formula is C19H21N5O4. The van der Waals surface area contributed by atoms with E-state index in [1.165, 1.54) is 12.1 Å². The first-order chi connectivity index (χ1) is 13.4. The van der Waals surface area contributed by atoms with Gasteiger partial charge in [0.2, 0.25) is 5.91 Å². The van der Waals surface area contributed by atoms with Crippen LogP contribution in [0.5, 0.6) is 0 Å². The van der Waals surface area contributed by atoms with Crippen LogP contribution in [0.15, 0.2) is 48.5 Å². The molecule has 146 valence electrons. The minimum atomic E-state index is -0.590. The molecule has 1 aliphatic rings. The van der Waals surface area contributed by atoms with E-state index in [1.807, 2.05) is 4.90 Å². The number of carbonyl (C=O) groups is 2. The van der Waals surface area contributed by atoms with Crippen LogP contribution in [-0.4, -0.2) is 54.4 Å². The van der Waals surface area contributed by atoms with Crippen molar-refractivity contribution in [1.29, 1.82) is 0 Å². The zero-order valence-electron chi connectivity index (χ0n) is 15.2. The lowest BCUT2D eigenvalue weighted by Crippen LogP contribution is -2.48. The summed E-state index contributed by atoms with van der Waals surface area (Å²) in [6, 6.07) is 13.1. The lowest BCUT2D eigenvalue weighted by atomic mass is 10.1. The Morgan fingerprint density at radius 3 is 2.29 bits per heavy atom. The normalized spacial score (nSPS) is 14.5. The molecule has 0 aliphatic carbocycles. The fraction of sp³-hybridized carbons (Fsp3) is 0.263. The number of primary amides is 1. The second-order valence-corrected chi connectivity index (χ2v) is 6.49. The number of anilines is 2. The highest BCUT2D eigenvalue weighted by Gasteiger charge is 2.20. The monoisotopic (exact) mass is 383 g/mol. The molecule has 9 heteroatoms. The summed E-state index contributed by atoms with van der Waals surface area (Å²) in [7, 11) is 0. The van der Waals surface area contributed by atoms with Crippen LogP contribution >= 0.6 is 0 Å². The van der Waals surface area contributed by atoms with Gasteiger partial charge in [-0.15, -0.1) is 0 Å². The van der Waals surface area contributed by atoms with Crippen LogP contribution in [-0.2, 0) is 4.79 Å². The summed E-state index contributed by atoms with van der Waals surface area (Å²) in [6.07, 6.45) is 0. The Labute approximate surface area is 161 Å². The number of carbonyl (C=O) groups excluding carboxylic acids is 2. The summed E-state index contributed by atoms with van der Waals surface area (Å²) >= 11 is 0. The molecule has 2 aromatic carbocycles. The first kappa shape index (κ1) is 19.3. The van der Waals surface area contributed by atoms with Crippen molar-refractivity contribution in [2.24, 2.45) is 5.73 Å². The Morgan fingerprint density at radius 1 is 1.04 bits per heavy atom. The van der Waals surface area contributed by atoms with E-state index in [2.05, 4.69) is 10.2 Å². The quantitative estimate of drug-likeness (QED) is 0.575. The van der Waals surface area contributed by atoms with Crippen molar-refractivity contribution in [3.05, 3.63) is 64.2 Å². The van der Waals surface area contributed by atoms with E-state index in [0.29, 0.717) is 31.9 Å². The second kappa shape index (κ2) is 8.49. The topological polar surface area (TPSA) is 122 Å². The van der Waals surface area contributed by atoms with Crippen LogP contribution in [0.2, 0.25) is 0 Å². The van der Waals surface area contributed by atoms with E-state index in [4.69, 9.17) is 5.73 Å². The maximum Gasteiger partial charge on any atom is 0.269 e. The van der Waals surface area contributed by atoms with Gasteiger partial charge in [-0.3, -0.25) is 24.6 Å². The number of nitro benzene ring substituents is 1. The molecule has 2 aromatic rings. The summed E-state index contributed by atoms with van der Waals surface area (Å²) in [4.78, 5) is 38.2. The highest BCUT2D eigenvalue weighted by atomic mass is 16.6. The van der Waals surface area contributed by atoms with Crippen molar-refractivity contribution in [2.45, 2.75) is 0 Å². The number of hydrogen-bond acceptors (Lipinski definition) is 6. The van der Waals surface area contributed by atoms with Crippen molar-refractivity contribution < 1.29 is 14.5 Å². The first-order valence-corrected chi connectivity index (χ1v) is 8.84. The van der Waals surface area contributed by atoms with Gasteiger partial charge in [-0.2, -0.15) is 0 Å². The molecule has 3 rings (SSSR count). The second-order valence-electron chi connectivity index (χ2n) is 6.49. The molecule has 3 N–H and O–H groups in total. The third-order valence-corrected chi connectivity index (χ3v) is 4.63. The minimum Gasteiger partial charge on any atom is -0.369 e. The Morgan fingerprint density at radius 2 is 1.68 bits per heavy atom. The van der Waals surface area contributed by atoms with E-state index >= 15 is 0 Å². The number of benzene rings is 2. The summed E-state index contributed by atoms with van der Waals surface area (Å²) in [5, 5.41) is 13.5. The summed E-state index contributed by atoms with van der Waals surface area (Å²) in [5.41, 5.74) is 7.00. The van der Waals surface area contributed by atoms with Crippen molar-refractivity contribution in [2.75, 3.05) is 42.9 Å². The molecule has 0 unspecified atom stereocenters. The Hall–Kier alpha value is -3.46. The standard InChI is InChI=1S/C19H21N5O4/c20-19(26)16-3-1-2-4-17(16)21-18(25)13-22-9-11-23(12-10-22)14-5-7-15(8-6-14)24(27)28/h1-8H,9-13H2,(H2,20,26)(H,21,25). The van der Waals surface area contributed by atoms with E-state index in [0.717, 1.165) is 5.69 Å². The number of piperazine rings is 1. The van der Waals surface area contributed by atoms with Gasteiger partial charge in [-0.1, -0.05) is 12.1 Å². The van der Waals surface area contributed by atoms with Crippen LogP contribution in [0.25, 0.3) is 0 Å². The highest BCUT2D eigenvalue weighted by molar-refractivity contribution is 6.03. The summed E-state index contributed by atoms with van der Waals surface area (Å²) in [5.74, 6) is -0.801. The SMILES string of the molecule is NC(=O)c1ccccc1NC(=O)CN1CCN(c2ccc([N+](=O)[O-])cc2)CC1. The molecular weight excluding hydrogens is 362 g/mol. The molecule has 0 aromatic heterocycles. The van der Waals surface area contributed by atoms with Crippen LogP contribution in [0, 0.1) is 10.1 Å². The van der Waals surface area contributed by atoms with Crippen molar-refractivity contribution in [1.82, 2.24) is 4.90 Å². The smallest absolute Gasteiger partial charge is 0.269 e. The minimum absolute atomic E-state index is 0.0651. The predicted octanol–water partition coefficient (Wildman–Crippen LogP) is 1.45. The summed E-state index contributed by atoms with van der Waals surface area (Å²) in [6.45, 7) is 3.00. The van der Waals surface area contributed by atoms with E-state index in [9.17, 15) is 19.7 Å². The average Bonchev–Trinajstić information content (AvgIpc) is 2.69. The van der Waals surface area contributed by atoms with Gasteiger partial charge < -0.3 is 16.0 Å². The number of rotatable bonds is 6. The van der Waals surface area contributed by atoms with Gasteiger partial charge in [0, 0.05) is 44.0 Å². The Bertz CT molecular complexity index is 876. The maximum absolute atomic E-state index is 12.3. The molecule has 0 spiro atoms. The maximum atomic E-state index is 12.3. The van der Waals surface area contributed by atoms with Crippen molar-refractivity contribution in [3.63, 3.8) is 0 Å². The third kappa shape index (κ3) is 4.63. The van der Waals surface area contributed by atoms with Gasteiger partial charge in [-0.25, -0.2) is 0 Å². The highest BCUT2D eigenvalue weighted by Crippen LogP contribution is 2.20. The molecule has 1 aliphatic heterocycles. The van der Waals surface area contributed by atoms with Gasteiger partial charge in [0.1, 0.15) is 0 Å². The zero-order chi connectivity index (χ0) is 20.1. The van der Waals surface area contributed by atoms with Gasteiger partial charge in [-0.05, 0) is 24.3 Å². The Kier molecular flexibility index (Phi) is 5.85. The van der Waals surface area contributed by atoms with E-state index < -0.39 is 10.8 Å². The van der Waals surface area contributed by atoms with Crippen molar-refractivity contribution >= 4 is 28.9 Å². The van der Waals surface area contributed by atoms with Gasteiger partial charge in [0.25, 0.3) is 11.6 Å². The molecule has 9 nitrogen and oxygen atoms in total. The lowest BCUT2D eigenvalue weighted by Gasteiger charge is -2.35. The fourth-order valence-corrected chi connectivity index (χ4v) is 3.15. The molecule has 1 heterocycles. The van der Waals surface area contributed by atoms with E-state index in [-0.39, 0.29) is 23.7 Å². The Balaban J connectivity index is 1.52. The van der Waals surface area contributed by atoms with E-state index in [1.54, 1.807) is 36.4 Å². The summed E-state index contributed by atoms with van der Waals surface area (Å²) < 4.78 is 0. The number of non-ortho nitro benzene ring substituents is 1. The van der Waals surface area contributed by atoms with Crippen LogP contribution < -0.4 is 16.0 Å². The molecule has 1 fully saturated rings. The number of nitro groups is 1. The van der Waals surface area contributed by atoms with Gasteiger partial charge in [0.15, 0.2) is 0 Å². The zero-order valence-corrected chi connectivity index (χ0v) is 15.2. The number of nitrogens with two attached hydrogens (primary N) is 1. The average molecular weight is 383 g/mol. The number of nitrogens with zero attached hydrogens (tertiary/aromatic N) is 3. The molecule has 0 bridgehead atoms. The number of nitrogens with one attached hydrogen (secondary N) is 1. The molecule has 28 heavy (non-hydrogen) atoms.